The molecule has 0 fully saturated rings. The van der Waals surface area contributed by atoms with Crippen LogP contribution in [0.3, 0.4) is 0 Å². The smallest absolute Gasteiger partial charge is 0.152 e. The van der Waals surface area contributed by atoms with Crippen molar-refractivity contribution in [3.05, 3.63) is 17.3 Å². The molecule has 0 spiro atoms. The van der Waals surface area contributed by atoms with Gasteiger partial charge in [-0.25, -0.2) is 15.8 Å². The highest BCUT2D eigenvalue weighted by molar-refractivity contribution is 7.16. The van der Waals surface area contributed by atoms with Gasteiger partial charge in [0.25, 0.3) is 0 Å². The molecule has 21 heavy (non-hydrogen) atoms. The van der Waals surface area contributed by atoms with Crippen LogP contribution in [0, 0.1) is 0 Å². The van der Waals surface area contributed by atoms with Crippen molar-refractivity contribution >= 4 is 27.4 Å². The molecular weight excluding hydrogens is 286 g/mol. The maximum absolute atomic E-state index is 9.28. The van der Waals surface area contributed by atoms with Gasteiger partial charge in [0.05, 0.1) is 18.5 Å². The molecule has 0 saturated carbocycles. The number of nitrogens with two attached hydrogens (primary N) is 1. The third-order valence-electron chi connectivity index (χ3n) is 3.70. The van der Waals surface area contributed by atoms with Crippen molar-refractivity contribution in [1.29, 1.82) is 0 Å². The molecule has 0 atom stereocenters. The fraction of sp³-hybridized carbons (Fsp3) is 0.571. The van der Waals surface area contributed by atoms with Gasteiger partial charge in [0.2, 0.25) is 0 Å². The average molecular weight is 309 g/mol. The number of nitrogens with one attached hydrogen (secondary N) is 1. The summed E-state index contributed by atoms with van der Waals surface area (Å²) >= 11 is 1.58. The third kappa shape index (κ3) is 3.68. The molecule has 0 aliphatic heterocycles. The summed E-state index contributed by atoms with van der Waals surface area (Å²) in [6.45, 7) is 5.71. The van der Waals surface area contributed by atoms with Gasteiger partial charge < -0.3 is 10.5 Å². The molecule has 0 saturated heterocycles. The van der Waals surface area contributed by atoms with Crippen LogP contribution >= 0.6 is 11.3 Å². The Labute approximate surface area is 129 Å². The molecule has 0 aliphatic carbocycles. The van der Waals surface area contributed by atoms with Crippen molar-refractivity contribution in [2.24, 2.45) is 5.84 Å². The Hall–Kier alpha value is -1.28. The number of aromatic nitrogens is 2. The average Bonchev–Trinajstić information content (AvgIpc) is 2.96. The van der Waals surface area contributed by atoms with Gasteiger partial charge in [-0.15, -0.1) is 11.3 Å². The maximum Gasteiger partial charge on any atom is 0.152 e. The van der Waals surface area contributed by atoms with Crippen LogP contribution in [0.5, 0.6) is 0 Å². The van der Waals surface area contributed by atoms with Crippen molar-refractivity contribution in [2.75, 3.05) is 18.6 Å². The molecular formula is C14H23N5OS. The third-order valence-corrected chi connectivity index (χ3v) is 4.51. The Morgan fingerprint density at radius 1 is 1.38 bits per heavy atom. The van der Waals surface area contributed by atoms with Crippen LogP contribution in [0.25, 0.3) is 10.2 Å². The molecule has 0 aliphatic rings. The van der Waals surface area contributed by atoms with Gasteiger partial charge in [-0.2, -0.15) is 0 Å². The van der Waals surface area contributed by atoms with Crippen molar-refractivity contribution < 1.29 is 5.11 Å². The second-order valence-corrected chi connectivity index (χ2v) is 5.83. The summed E-state index contributed by atoms with van der Waals surface area (Å²) in [5.74, 6) is 6.95. The van der Waals surface area contributed by atoms with Crippen LogP contribution in [-0.2, 0) is 6.54 Å². The van der Waals surface area contributed by atoms with Crippen LogP contribution in [0.1, 0.15) is 32.5 Å². The minimum absolute atomic E-state index is 0.139. The number of nitrogens with zero attached hydrogens (tertiary/aromatic N) is 3. The molecule has 0 amide bonds. The van der Waals surface area contributed by atoms with Crippen molar-refractivity contribution in [2.45, 2.75) is 39.3 Å². The van der Waals surface area contributed by atoms with E-state index in [1.54, 1.807) is 11.3 Å². The maximum atomic E-state index is 9.28. The second-order valence-electron chi connectivity index (χ2n) is 4.94. The second kappa shape index (κ2) is 7.65. The summed E-state index contributed by atoms with van der Waals surface area (Å²) in [6.07, 6.45) is 2.08. The zero-order valence-corrected chi connectivity index (χ0v) is 13.4. The summed E-state index contributed by atoms with van der Waals surface area (Å²) < 4.78 is 0. The number of hydrazine groups is 1. The minimum atomic E-state index is 0.139. The van der Waals surface area contributed by atoms with E-state index < -0.39 is 0 Å². The van der Waals surface area contributed by atoms with Gasteiger partial charge in [-0.3, -0.25) is 4.90 Å². The fourth-order valence-electron chi connectivity index (χ4n) is 2.59. The largest absolute Gasteiger partial charge is 0.395 e. The van der Waals surface area contributed by atoms with Crippen molar-refractivity contribution in [1.82, 2.24) is 14.9 Å². The number of aliphatic hydroxyl groups is 1. The van der Waals surface area contributed by atoms with Gasteiger partial charge in [0.15, 0.2) is 5.82 Å². The molecule has 6 nitrogen and oxygen atoms in total. The molecule has 0 bridgehead atoms. The van der Waals surface area contributed by atoms with Crippen LogP contribution in [0.2, 0.25) is 0 Å². The number of hydrogen-bond donors (Lipinski definition) is 3. The van der Waals surface area contributed by atoms with Gasteiger partial charge in [0, 0.05) is 12.6 Å². The number of hydrogen-bond acceptors (Lipinski definition) is 7. The monoisotopic (exact) mass is 309 g/mol. The zero-order chi connectivity index (χ0) is 15.2. The highest BCUT2D eigenvalue weighted by Crippen LogP contribution is 2.25. The summed E-state index contributed by atoms with van der Waals surface area (Å²) in [6, 6.07) is 2.39. The van der Waals surface area contributed by atoms with E-state index in [9.17, 15) is 5.11 Å². The number of aliphatic hydroxyl groups excluding tert-OH is 1. The Balaban J connectivity index is 2.27. The molecule has 0 unspecified atom stereocenters. The van der Waals surface area contributed by atoms with Crippen LogP contribution in [0.15, 0.2) is 11.4 Å². The van der Waals surface area contributed by atoms with E-state index in [-0.39, 0.29) is 6.61 Å². The number of thiophene rings is 1. The Kier molecular flexibility index (Phi) is 5.86. The molecule has 7 heteroatoms. The van der Waals surface area contributed by atoms with E-state index in [2.05, 4.69) is 34.1 Å². The summed E-state index contributed by atoms with van der Waals surface area (Å²) in [7, 11) is 0. The van der Waals surface area contributed by atoms with Crippen LogP contribution in [-0.4, -0.2) is 39.2 Å². The normalized spacial score (nSPS) is 11.7. The molecule has 116 valence electrons. The molecule has 2 rings (SSSR count). The molecule has 2 heterocycles. The first-order chi connectivity index (χ1) is 10.2. The summed E-state index contributed by atoms with van der Waals surface area (Å²) in [4.78, 5) is 12.3. The Morgan fingerprint density at radius 3 is 2.76 bits per heavy atom. The number of rotatable bonds is 8. The zero-order valence-electron chi connectivity index (χ0n) is 12.5. The standard InChI is InChI=1S/C14H23N5OS/c1-3-10(4-2)19(6-7-20)9-12-16-13(18-15)11-5-8-21-14(11)17-12/h5,8,10,20H,3-4,6-7,9,15H2,1-2H3,(H,16,17,18). The molecule has 0 radical (unpaired) electrons. The first-order valence-electron chi connectivity index (χ1n) is 7.29. The van der Waals surface area contributed by atoms with Crippen molar-refractivity contribution in [3.8, 4) is 0 Å². The summed E-state index contributed by atoms with van der Waals surface area (Å²) in [5.41, 5.74) is 2.65. The lowest BCUT2D eigenvalue weighted by Crippen LogP contribution is -2.36. The van der Waals surface area contributed by atoms with Crippen molar-refractivity contribution in [3.63, 3.8) is 0 Å². The predicted molar refractivity (Wildman–Crippen MR) is 87.1 cm³/mol. The van der Waals surface area contributed by atoms with E-state index in [1.807, 2.05) is 11.4 Å². The van der Waals surface area contributed by atoms with Crippen LogP contribution in [0.4, 0.5) is 5.82 Å². The first kappa shape index (κ1) is 16.1. The van der Waals surface area contributed by atoms with Gasteiger partial charge >= 0.3 is 0 Å². The van der Waals surface area contributed by atoms with Crippen LogP contribution < -0.4 is 11.3 Å². The highest BCUT2D eigenvalue weighted by Gasteiger charge is 2.17. The van der Waals surface area contributed by atoms with Gasteiger partial charge in [0.1, 0.15) is 10.7 Å². The van der Waals surface area contributed by atoms with Gasteiger partial charge in [-0.05, 0) is 24.3 Å². The van der Waals surface area contributed by atoms with E-state index in [0.29, 0.717) is 24.9 Å². The Morgan fingerprint density at radius 2 is 2.14 bits per heavy atom. The molecule has 0 aromatic carbocycles. The van der Waals surface area contributed by atoms with E-state index in [4.69, 9.17) is 5.84 Å². The summed E-state index contributed by atoms with van der Waals surface area (Å²) in [5, 5.41) is 12.2. The number of nitrogen functional groups attached to an aromatic ring is 1. The predicted octanol–water partition coefficient (Wildman–Crippen LogP) is 1.96. The lowest BCUT2D eigenvalue weighted by Gasteiger charge is -2.29. The molecule has 4 N–H and O–H groups in total. The first-order valence-corrected chi connectivity index (χ1v) is 8.17. The Bertz CT molecular complexity index is 569. The molecule has 2 aromatic heterocycles. The van der Waals surface area contributed by atoms with E-state index >= 15 is 0 Å². The van der Waals surface area contributed by atoms with E-state index in [0.717, 1.165) is 28.9 Å². The lowest BCUT2D eigenvalue weighted by molar-refractivity contribution is 0.134. The highest BCUT2D eigenvalue weighted by atomic mass is 32.1. The van der Waals surface area contributed by atoms with E-state index in [1.165, 1.54) is 0 Å². The quantitative estimate of drug-likeness (QED) is 0.510. The number of anilines is 1. The fourth-order valence-corrected chi connectivity index (χ4v) is 3.37. The topological polar surface area (TPSA) is 87.3 Å². The SMILES string of the molecule is CCC(CC)N(CCO)Cc1nc(NN)c2ccsc2n1. The minimum Gasteiger partial charge on any atom is -0.395 e. The lowest BCUT2D eigenvalue weighted by atomic mass is 10.1. The van der Waals surface area contributed by atoms with Gasteiger partial charge in [-0.1, -0.05) is 13.8 Å². The number of fused-ring (bicyclic) bond motifs is 1. The molecule has 2 aromatic rings.